The van der Waals surface area contributed by atoms with E-state index in [1.807, 2.05) is 20.8 Å². The predicted molar refractivity (Wildman–Crippen MR) is 127 cm³/mol. The Morgan fingerprint density at radius 2 is 1.74 bits per heavy atom. The highest BCUT2D eigenvalue weighted by Crippen LogP contribution is 2.24. The van der Waals surface area contributed by atoms with E-state index in [1.54, 1.807) is 53.1 Å². The molecule has 31 heavy (non-hydrogen) atoms. The Labute approximate surface area is 194 Å². The van der Waals surface area contributed by atoms with Crippen LogP contribution in [0, 0.1) is 16.7 Å². The minimum atomic E-state index is -0.574. The molecule has 0 aliphatic carbocycles. The first kappa shape index (κ1) is 23.0. The average Bonchev–Trinajstić information content (AvgIpc) is 2.99. The van der Waals surface area contributed by atoms with Crippen LogP contribution in [0.15, 0.2) is 47.3 Å². The van der Waals surface area contributed by atoms with Crippen LogP contribution in [0.1, 0.15) is 37.5 Å². The van der Waals surface area contributed by atoms with E-state index in [-0.39, 0.29) is 17.9 Å². The molecule has 0 unspecified atom stereocenters. The number of halogens is 2. The first-order chi connectivity index (χ1) is 14.6. The Balaban J connectivity index is 2.21. The summed E-state index contributed by atoms with van der Waals surface area (Å²) in [6, 6.07) is 14.2. The summed E-state index contributed by atoms with van der Waals surface area (Å²) in [4.78, 5) is 25.9. The van der Waals surface area contributed by atoms with Gasteiger partial charge in [-0.1, -0.05) is 62.2 Å². The second-order valence-corrected chi connectivity index (χ2v) is 9.92. The summed E-state index contributed by atoms with van der Waals surface area (Å²) in [6.45, 7) is 5.77. The van der Waals surface area contributed by atoms with E-state index in [1.165, 1.54) is 17.4 Å². The molecule has 0 fully saturated rings. The van der Waals surface area contributed by atoms with Crippen molar-refractivity contribution in [2.45, 2.75) is 27.3 Å². The van der Waals surface area contributed by atoms with Crippen molar-refractivity contribution in [2.75, 3.05) is 0 Å². The smallest absolute Gasteiger partial charge is 0.269 e. The zero-order valence-corrected chi connectivity index (χ0v) is 19.6. The largest absolute Gasteiger partial charge is 0.294 e. The van der Waals surface area contributed by atoms with Gasteiger partial charge in [0.1, 0.15) is 4.66 Å². The molecule has 0 bridgehead atoms. The summed E-state index contributed by atoms with van der Waals surface area (Å²) in [5.41, 5.74) is 1.13. The molecule has 0 aliphatic rings. The summed E-state index contributed by atoms with van der Waals surface area (Å²) in [6.07, 6.45) is 3.17. The number of thiazole rings is 1. The number of nitrogens with zero attached hydrogens (tertiary/aromatic N) is 2. The second-order valence-electron chi connectivity index (χ2n) is 8.04. The number of aromatic nitrogens is 1. The van der Waals surface area contributed by atoms with Gasteiger partial charge in [-0.25, -0.2) is 0 Å². The summed E-state index contributed by atoms with van der Waals surface area (Å²) < 4.78 is 2.53. The molecule has 0 radical (unpaired) electrons. The van der Waals surface area contributed by atoms with Crippen LogP contribution in [0.5, 0.6) is 0 Å². The van der Waals surface area contributed by atoms with E-state index in [2.05, 4.69) is 6.07 Å². The fourth-order valence-corrected chi connectivity index (χ4v) is 4.30. The lowest BCUT2D eigenvalue weighted by molar-refractivity contribution is -0.120. The molecule has 3 rings (SSSR count). The molecule has 3 aromatic rings. The normalized spacial score (nSPS) is 12.8. The molecule has 1 heterocycles. The molecule has 0 amide bonds. The maximum Gasteiger partial charge on any atom is 0.269 e. The molecule has 0 spiro atoms. The number of carbonyl (C=O) groups excluding carboxylic acids is 1. The number of rotatable bonds is 4. The van der Waals surface area contributed by atoms with Crippen molar-refractivity contribution in [3.8, 4) is 6.07 Å². The highest BCUT2D eigenvalue weighted by atomic mass is 35.5. The number of hydrogen-bond acceptors (Lipinski definition) is 4. The van der Waals surface area contributed by atoms with Crippen LogP contribution in [0.3, 0.4) is 0 Å². The summed E-state index contributed by atoms with van der Waals surface area (Å²) >= 11 is 13.8. The Kier molecular flexibility index (Phi) is 6.86. The molecule has 0 aliphatic heterocycles. The van der Waals surface area contributed by atoms with E-state index >= 15 is 0 Å². The van der Waals surface area contributed by atoms with Gasteiger partial charge >= 0.3 is 0 Å². The standard InChI is InChI=1S/C24H20Cl2N2O2S/c1-24(2,3)21(29)12-22-28(14-16-9-7-15(13-27)8-10-16)23(30)20(31-22)11-17-18(25)5-4-6-19(17)26/h4-12H,14H2,1-3H3. The van der Waals surface area contributed by atoms with E-state index in [0.717, 1.165) is 5.56 Å². The molecule has 0 saturated carbocycles. The van der Waals surface area contributed by atoms with E-state index in [0.29, 0.717) is 30.4 Å². The summed E-state index contributed by atoms with van der Waals surface area (Å²) in [7, 11) is 0. The van der Waals surface area contributed by atoms with Gasteiger partial charge in [-0.15, -0.1) is 11.3 Å². The molecule has 158 valence electrons. The maximum atomic E-state index is 13.2. The molecule has 7 heteroatoms. The van der Waals surface area contributed by atoms with Gasteiger partial charge in [0.15, 0.2) is 5.78 Å². The predicted octanol–water partition coefficient (Wildman–Crippen LogP) is 4.36. The van der Waals surface area contributed by atoms with Gasteiger partial charge in [0.05, 0.1) is 22.7 Å². The van der Waals surface area contributed by atoms with E-state index in [9.17, 15) is 9.59 Å². The van der Waals surface area contributed by atoms with Crippen LogP contribution in [0.2, 0.25) is 10.0 Å². The topological polar surface area (TPSA) is 62.9 Å². The Bertz CT molecular complexity index is 1330. The van der Waals surface area contributed by atoms with Crippen molar-refractivity contribution in [1.82, 2.24) is 4.57 Å². The van der Waals surface area contributed by atoms with Crippen LogP contribution in [-0.2, 0) is 11.3 Å². The number of benzene rings is 2. The van der Waals surface area contributed by atoms with Gasteiger partial charge in [0.2, 0.25) is 0 Å². The molecule has 1 aromatic heterocycles. The van der Waals surface area contributed by atoms with Crippen LogP contribution >= 0.6 is 34.5 Å². The number of hydrogen-bond donors (Lipinski definition) is 0. The second kappa shape index (κ2) is 9.23. The van der Waals surface area contributed by atoms with Gasteiger partial charge in [-0.2, -0.15) is 5.26 Å². The number of Topliss-reactive ketones (excluding diaryl/α,β-unsaturated/α-hetero) is 1. The van der Waals surface area contributed by atoms with Crippen molar-refractivity contribution in [3.63, 3.8) is 0 Å². The SMILES string of the molecule is CC(C)(C)C(=O)C=c1sc(=Cc2c(Cl)cccc2Cl)c(=O)n1Cc1ccc(C#N)cc1. The zero-order valence-electron chi connectivity index (χ0n) is 17.3. The number of nitriles is 1. The lowest BCUT2D eigenvalue weighted by Crippen LogP contribution is -2.32. The third-order valence-corrected chi connectivity index (χ3v) is 6.35. The van der Waals surface area contributed by atoms with Crippen molar-refractivity contribution >= 4 is 52.5 Å². The van der Waals surface area contributed by atoms with Gasteiger partial charge < -0.3 is 0 Å². The molecular formula is C24H20Cl2N2O2S. The Morgan fingerprint density at radius 1 is 1.13 bits per heavy atom. The lowest BCUT2D eigenvalue weighted by Gasteiger charge is -2.13. The Morgan fingerprint density at radius 3 is 2.29 bits per heavy atom. The van der Waals surface area contributed by atoms with Crippen molar-refractivity contribution < 1.29 is 4.79 Å². The molecular weight excluding hydrogens is 451 g/mol. The summed E-state index contributed by atoms with van der Waals surface area (Å²) in [5.74, 6) is -0.0790. The van der Waals surface area contributed by atoms with Crippen molar-refractivity contribution in [2.24, 2.45) is 5.41 Å². The minimum Gasteiger partial charge on any atom is -0.294 e. The number of ketones is 1. The molecule has 0 N–H and O–H groups in total. The van der Waals surface area contributed by atoms with Crippen LogP contribution in [-0.4, -0.2) is 10.4 Å². The van der Waals surface area contributed by atoms with Gasteiger partial charge in [0, 0.05) is 27.1 Å². The molecule has 4 nitrogen and oxygen atoms in total. The van der Waals surface area contributed by atoms with Crippen molar-refractivity contribution in [3.05, 3.63) is 88.7 Å². The zero-order chi connectivity index (χ0) is 22.8. The lowest BCUT2D eigenvalue weighted by atomic mass is 9.91. The third kappa shape index (κ3) is 5.34. The van der Waals surface area contributed by atoms with Crippen LogP contribution in [0.25, 0.3) is 12.2 Å². The monoisotopic (exact) mass is 470 g/mol. The maximum absolute atomic E-state index is 13.2. The fourth-order valence-electron chi connectivity index (χ4n) is 2.77. The van der Waals surface area contributed by atoms with Gasteiger partial charge in [-0.3, -0.25) is 14.2 Å². The molecule has 2 aromatic carbocycles. The van der Waals surface area contributed by atoms with E-state index in [4.69, 9.17) is 28.5 Å². The van der Waals surface area contributed by atoms with Crippen LogP contribution < -0.4 is 14.8 Å². The minimum absolute atomic E-state index is 0.0790. The highest BCUT2D eigenvalue weighted by Gasteiger charge is 2.19. The van der Waals surface area contributed by atoms with Crippen molar-refractivity contribution in [1.29, 1.82) is 5.26 Å². The molecule has 0 saturated heterocycles. The Hall–Kier alpha value is -2.65. The quantitative estimate of drug-likeness (QED) is 0.568. The number of carbonyl (C=O) groups is 1. The summed E-state index contributed by atoms with van der Waals surface area (Å²) in [5, 5.41) is 9.88. The first-order valence-electron chi connectivity index (χ1n) is 9.51. The molecule has 0 atom stereocenters. The first-order valence-corrected chi connectivity index (χ1v) is 11.1. The average molecular weight is 471 g/mol. The van der Waals surface area contributed by atoms with Crippen LogP contribution in [0.4, 0.5) is 0 Å². The third-order valence-electron chi connectivity index (χ3n) is 4.63. The van der Waals surface area contributed by atoms with E-state index < -0.39 is 5.41 Å². The fraction of sp³-hybridized carbons (Fsp3) is 0.208. The van der Waals surface area contributed by atoms with Gasteiger partial charge in [-0.05, 0) is 35.9 Å². The highest BCUT2D eigenvalue weighted by molar-refractivity contribution is 7.07. The van der Waals surface area contributed by atoms with Gasteiger partial charge in [0.25, 0.3) is 5.56 Å².